The van der Waals surface area contributed by atoms with Gasteiger partial charge in [0.25, 0.3) is 5.56 Å². The summed E-state index contributed by atoms with van der Waals surface area (Å²) in [5, 5.41) is 3.90. The van der Waals surface area contributed by atoms with Gasteiger partial charge in [-0.2, -0.15) is 0 Å². The number of hydrogen-bond acceptors (Lipinski definition) is 4. The van der Waals surface area contributed by atoms with Crippen LogP contribution in [-0.2, 0) is 11.3 Å². The Morgan fingerprint density at radius 2 is 2.12 bits per heavy atom. The van der Waals surface area contributed by atoms with E-state index in [1.54, 1.807) is 6.07 Å². The summed E-state index contributed by atoms with van der Waals surface area (Å²) in [5.74, 6) is 0.890. The Labute approximate surface area is 151 Å². The SMILES string of the molecule is C[C@H]1[C@@H](NC(=O)Cn2cnc3c(oc4ccccc43)c2=O)CCC[C@@H]1C. The zero-order chi connectivity index (χ0) is 18.3. The van der Waals surface area contributed by atoms with Crippen molar-refractivity contribution in [1.82, 2.24) is 14.9 Å². The first-order chi connectivity index (χ1) is 12.5. The summed E-state index contributed by atoms with van der Waals surface area (Å²) >= 11 is 0. The molecular weight excluding hydrogens is 330 g/mol. The highest BCUT2D eigenvalue weighted by Crippen LogP contribution is 2.29. The molecule has 0 radical (unpaired) electrons. The second-order valence-electron chi connectivity index (χ2n) is 7.39. The lowest BCUT2D eigenvalue weighted by Gasteiger charge is -2.34. The molecule has 6 nitrogen and oxygen atoms in total. The van der Waals surface area contributed by atoms with E-state index < -0.39 is 0 Å². The average molecular weight is 353 g/mol. The van der Waals surface area contributed by atoms with Gasteiger partial charge in [0.1, 0.15) is 17.6 Å². The van der Waals surface area contributed by atoms with Crippen molar-refractivity contribution < 1.29 is 9.21 Å². The summed E-state index contributed by atoms with van der Waals surface area (Å²) in [6.45, 7) is 4.37. The van der Waals surface area contributed by atoms with Crippen LogP contribution in [0, 0.1) is 11.8 Å². The molecule has 0 aliphatic heterocycles. The summed E-state index contributed by atoms with van der Waals surface area (Å²) < 4.78 is 6.98. The third kappa shape index (κ3) is 2.89. The molecule has 1 N–H and O–H groups in total. The zero-order valence-electron chi connectivity index (χ0n) is 15.1. The molecule has 1 saturated carbocycles. The van der Waals surface area contributed by atoms with Gasteiger partial charge in [-0.1, -0.05) is 38.8 Å². The predicted octanol–water partition coefficient (Wildman–Crippen LogP) is 3.08. The maximum atomic E-state index is 12.7. The maximum Gasteiger partial charge on any atom is 0.297 e. The predicted molar refractivity (Wildman–Crippen MR) is 99.9 cm³/mol. The number of carbonyl (C=O) groups excluding carboxylic acids is 1. The minimum Gasteiger partial charge on any atom is -0.448 e. The lowest BCUT2D eigenvalue weighted by Crippen LogP contribution is -2.45. The molecule has 1 aromatic carbocycles. The summed E-state index contributed by atoms with van der Waals surface area (Å²) in [5.41, 5.74) is 1.03. The Balaban J connectivity index is 1.57. The maximum absolute atomic E-state index is 12.7. The largest absolute Gasteiger partial charge is 0.448 e. The van der Waals surface area contributed by atoms with E-state index in [9.17, 15) is 9.59 Å². The van der Waals surface area contributed by atoms with Crippen LogP contribution < -0.4 is 10.9 Å². The number of nitrogens with zero attached hydrogens (tertiary/aromatic N) is 2. The van der Waals surface area contributed by atoms with Crippen LogP contribution in [-0.4, -0.2) is 21.5 Å². The molecule has 2 heterocycles. The molecule has 0 unspecified atom stereocenters. The van der Waals surface area contributed by atoms with E-state index in [2.05, 4.69) is 24.1 Å². The van der Waals surface area contributed by atoms with Gasteiger partial charge >= 0.3 is 0 Å². The number of nitrogens with one attached hydrogen (secondary N) is 1. The first-order valence-corrected chi connectivity index (χ1v) is 9.20. The topological polar surface area (TPSA) is 77.1 Å². The number of furan rings is 1. The van der Waals surface area contributed by atoms with Crippen molar-refractivity contribution >= 4 is 28.0 Å². The molecule has 1 amide bonds. The Morgan fingerprint density at radius 3 is 2.96 bits per heavy atom. The number of hydrogen-bond donors (Lipinski definition) is 1. The lowest BCUT2D eigenvalue weighted by molar-refractivity contribution is -0.123. The second kappa shape index (κ2) is 6.59. The Morgan fingerprint density at radius 1 is 1.31 bits per heavy atom. The van der Waals surface area contributed by atoms with E-state index in [0.29, 0.717) is 22.9 Å². The Bertz CT molecular complexity index is 1020. The van der Waals surface area contributed by atoms with Crippen LogP contribution in [0.2, 0.25) is 0 Å². The van der Waals surface area contributed by atoms with Crippen molar-refractivity contribution in [3.63, 3.8) is 0 Å². The zero-order valence-corrected chi connectivity index (χ0v) is 15.1. The summed E-state index contributed by atoms with van der Waals surface area (Å²) in [6, 6.07) is 7.58. The van der Waals surface area contributed by atoms with Gasteiger partial charge in [0, 0.05) is 11.4 Å². The second-order valence-corrected chi connectivity index (χ2v) is 7.39. The quantitative estimate of drug-likeness (QED) is 0.785. The monoisotopic (exact) mass is 353 g/mol. The van der Waals surface area contributed by atoms with Gasteiger partial charge in [0.15, 0.2) is 0 Å². The average Bonchev–Trinajstić information content (AvgIpc) is 3.01. The summed E-state index contributed by atoms with van der Waals surface area (Å²) in [4.78, 5) is 29.5. The third-order valence-corrected chi connectivity index (χ3v) is 5.72. The van der Waals surface area contributed by atoms with Crippen LogP contribution in [0.25, 0.3) is 22.1 Å². The van der Waals surface area contributed by atoms with Gasteiger partial charge in [0.2, 0.25) is 11.5 Å². The van der Waals surface area contributed by atoms with Crippen molar-refractivity contribution in [2.24, 2.45) is 11.8 Å². The summed E-state index contributed by atoms with van der Waals surface area (Å²) in [7, 11) is 0. The molecular formula is C20H23N3O3. The highest BCUT2D eigenvalue weighted by atomic mass is 16.3. The van der Waals surface area contributed by atoms with E-state index >= 15 is 0 Å². The molecule has 1 fully saturated rings. The van der Waals surface area contributed by atoms with Crippen LogP contribution in [0.15, 0.2) is 39.8 Å². The molecule has 1 aliphatic carbocycles. The number of aromatic nitrogens is 2. The summed E-state index contributed by atoms with van der Waals surface area (Å²) in [6.07, 6.45) is 4.76. The van der Waals surface area contributed by atoms with Crippen molar-refractivity contribution in [3.8, 4) is 0 Å². The van der Waals surface area contributed by atoms with Gasteiger partial charge < -0.3 is 9.73 Å². The van der Waals surface area contributed by atoms with Gasteiger partial charge in [-0.05, 0) is 30.4 Å². The molecule has 3 aromatic rings. The van der Waals surface area contributed by atoms with Crippen molar-refractivity contribution in [2.45, 2.75) is 45.7 Å². The van der Waals surface area contributed by atoms with Crippen molar-refractivity contribution in [2.75, 3.05) is 0 Å². The first kappa shape index (κ1) is 16.8. The normalized spacial score (nSPS) is 23.4. The van der Waals surface area contributed by atoms with E-state index in [0.717, 1.165) is 18.2 Å². The highest BCUT2D eigenvalue weighted by molar-refractivity contribution is 6.01. The fourth-order valence-corrected chi connectivity index (χ4v) is 3.92. The highest BCUT2D eigenvalue weighted by Gasteiger charge is 2.28. The van der Waals surface area contributed by atoms with Crippen molar-refractivity contribution in [3.05, 3.63) is 40.9 Å². The standard InChI is InChI=1S/C20H23N3O3/c1-12-6-5-8-15(13(12)2)22-17(24)10-23-11-21-18-14-7-3-4-9-16(14)26-19(18)20(23)25/h3-4,7,9,11-13,15H,5-6,8,10H2,1-2H3,(H,22,24)/t12-,13+,15-/m0/s1. The van der Waals surface area contributed by atoms with Crippen LogP contribution in [0.1, 0.15) is 33.1 Å². The van der Waals surface area contributed by atoms with E-state index in [1.165, 1.54) is 17.3 Å². The molecule has 26 heavy (non-hydrogen) atoms. The van der Waals surface area contributed by atoms with Crippen LogP contribution >= 0.6 is 0 Å². The molecule has 4 rings (SSSR count). The molecule has 2 aromatic heterocycles. The van der Waals surface area contributed by atoms with Crippen LogP contribution in [0.5, 0.6) is 0 Å². The number of benzene rings is 1. The number of amides is 1. The molecule has 1 aliphatic rings. The minimum absolute atomic E-state index is 0.0452. The van der Waals surface area contributed by atoms with Gasteiger partial charge in [-0.25, -0.2) is 4.98 Å². The number of rotatable bonds is 3. The number of fused-ring (bicyclic) bond motifs is 3. The fraction of sp³-hybridized carbons (Fsp3) is 0.450. The van der Waals surface area contributed by atoms with Crippen molar-refractivity contribution in [1.29, 1.82) is 0 Å². The third-order valence-electron chi connectivity index (χ3n) is 5.72. The Hall–Kier alpha value is -2.63. The van der Waals surface area contributed by atoms with E-state index in [1.807, 2.05) is 18.2 Å². The van der Waals surface area contributed by atoms with Gasteiger partial charge in [-0.15, -0.1) is 0 Å². The molecule has 136 valence electrons. The van der Waals surface area contributed by atoms with Gasteiger partial charge in [-0.3, -0.25) is 14.2 Å². The number of carbonyl (C=O) groups is 1. The lowest BCUT2D eigenvalue weighted by atomic mass is 9.78. The van der Waals surface area contributed by atoms with E-state index in [-0.39, 0.29) is 29.6 Å². The van der Waals surface area contributed by atoms with Gasteiger partial charge in [0.05, 0.1) is 6.33 Å². The molecule has 3 atom stereocenters. The first-order valence-electron chi connectivity index (χ1n) is 9.20. The molecule has 6 heteroatoms. The Kier molecular flexibility index (Phi) is 4.26. The van der Waals surface area contributed by atoms with E-state index in [4.69, 9.17) is 4.42 Å². The fourth-order valence-electron chi connectivity index (χ4n) is 3.92. The van der Waals surface area contributed by atoms with Crippen LogP contribution in [0.3, 0.4) is 0 Å². The smallest absolute Gasteiger partial charge is 0.297 e. The minimum atomic E-state index is -0.327. The molecule has 0 bridgehead atoms. The number of para-hydroxylation sites is 1. The van der Waals surface area contributed by atoms with Crippen LogP contribution in [0.4, 0.5) is 0 Å². The molecule has 0 spiro atoms. The molecule has 0 saturated heterocycles.